The third-order valence-electron chi connectivity index (χ3n) is 2.17. The maximum Gasteiger partial charge on any atom is 0.0993 e. The molecule has 0 aromatic heterocycles. The van der Waals surface area contributed by atoms with E-state index in [1.165, 1.54) is 12.0 Å². The van der Waals surface area contributed by atoms with Gasteiger partial charge in [0.2, 0.25) is 0 Å². The topological polar surface area (TPSA) is 9.23 Å². The first-order valence-electron chi connectivity index (χ1n) is 5.12. The van der Waals surface area contributed by atoms with Crippen molar-refractivity contribution in [1.29, 1.82) is 0 Å². The molecule has 0 bridgehead atoms. The summed E-state index contributed by atoms with van der Waals surface area (Å²) in [6.07, 6.45) is 5.49. The van der Waals surface area contributed by atoms with Crippen molar-refractivity contribution in [2.75, 3.05) is 0 Å². The monoisotopic (exact) mass is 182 g/mol. The summed E-state index contributed by atoms with van der Waals surface area (Å²) in [7, 11) is 0. The van der Waals surface area contributed by atoms with E-state index in [0.717, 1.165) is 24.4 Å². The van der Waals surface area contributed by atoms with Crippen LogP contribution in [-0.2, 0) is 4.74 Å². The van der Waals surface area contributed by atoms with Crippen LogP contribution in [0.4, 0.5) is 0 Å². The van der Waals surface area contributed by atoms with Crippen LogP contribution in [0.25, 0.3) is 0 Å². The second kappa shape index (κ2) is 6.76. The van der Waals surface area contributed by atoms with Gasteiger partial charge in [-0.2, -0.15) is 0 Å². The van der Waals surface area contributed by atoms with Crippen molar-refractivity contribution < 1.29 is 4.74 Å². The first-order chi connectivity index (χ1) is 6.11. The molecule has 0 N–H and O–H groups in total. The average Bonchev–Trinajstić information content (AvgIpc) is 2.13. The molecule has 0 spiro atoms. The highest BCUT2D eigenvalue weighted by Gasteiger charge is 1.96. The van der Waals surface area contributed by atoms with Crippen LogP contribution in [0.3, 0.4) is 0 Å². The summed E-state index contributed by atoms with van der Waals surface area (Å²) in [5.41, 5.74) is 1.32. The van der Waals surface area contributed by atoms with Gasteiger partial charge in [0.15, 0.2) is 0 Å². The van der Waals surface area contributed by atoms with Crippen LogP contribution in [0.1, 0.15) is 53.9 Å². The molecular weight excluding hydrogens is 160 g/mol. The molecule has 0 heterocycles. The molecule has 1 heteroatoms. The lowest BCUT2D eigenvalue weighted by Crippen LogP contribution is -1.89. The van der Waals surface area contributed by atoms with E-state index < -0.39 is 0 Å². The second-order valence-electron chi connectivity index (χ2n) is 3.40. The molecule has 0 aromatic carbocycles. The molecule has 0 atom stereocenters. The van der Waals surface area contributed by atoms with Crippen molar-refractivity contribution in [3.05, 3.63) is 23.2 Å². The molecule has 13 heavy (non-hydrogen) atoms. The summed E-state index contributed by atoms with van der Waals surface area (Å²) in [4.78, 5) is 0. The Hall–Kier alpha value is -0.720. The number of ether oxygens (including phenoxy) is 1. The molecule has 0 aromatic rings. The van der Waals surface area contributed by atoms with Crippen molar-refractivity contribution in [2.24, 2.45) is 0 Å². The van der Waals surface area contributed by atoms with Gasteiger partial charge in [-0.15, -0.1) is 0 Å². The van der Waals surface area contributed by atoms with Crippen LogP contribution < -0.4 is 0 Å². The Bertz CT molecular complexity index is 199. The standard InChI is InChI=1S/C12H22O/c1-6-8-9-11(4)13-12(5)10(3)7-2/h9H,6-8H2,1-5H3. The summed E-state index contributed by atoms with van der Waals surface area (Å²) in [5, 5.41) is 0. The highest BCUT2D eigenvalue weighted by atomic mass is 16.5. The lowest BCUT2D eigenvalue weighted by molar-refractivity contribution is 0.301. The fourth-order valence-corrected chi connectivity index (χ4v) is 0.967. The molecule has 76 valence electrons. The average molecular weight is 182 g/mol. The molecule has 0 aliphatic heterocycles. The van der Waals surface area contributed by atoms with Gasteiger partial charge < -0.3 is 4.74 Å². The molecule has 0 fully saturated rings. The lowest BCUT2D eigenvalue weighted by Gasteiger charge is -2.08. The lowest BCUT2D eigenvalue weighted by atomic mass is 10.2. The zero-order valence-corrected chi connectivity index (χ0v) is 9.61. The van der Waals surface area contributed by atoms with E-state index in [0.29, 0.717) is 0 Å². The number of rotatable bonds is 5. The first-order valence-corrected chi connectivity index (χ1v) is 5.12. The third-order valence-corrected chi connectivity index (χ3v) is 2.17. The van der Waals surface area contributed by atoms with Crippen molar-refractivity contribution in [1.82, 2.24) is 0 Å². The van der Waals surface area contributed by atoms with Crippen molar-refractivity contribution in [3.63, 3.8) is 0 Å². The minimum atomic E-state index is 1.02. The summed E-state index contributed by atoms with van der Waals surface area (Å²) < 4.78 is 5.65. The quantitative estimate of drug-likeness (QED) is 0.572. The van der Waals surface area contributed by atoms with E-state index in [1.807, 2.05) is 13.8 Å². The number of unbranched alkanes of at least 4 members (excludes halogenated alkanes) is 1. The Morgan fingerprint density at radius 3 is 2.23 bits per heavy atom. The molecule has 0 saturated carbocycles. The Labute approximate surface area is 82.5 Å². The van der Waals surface area contributed by atoms with E-state index in [9.17, 15) is 0 Å². The zero-order valence-electron chi connectivity index (χ0n) is 9.61. The maximum absolute atomic E-state index is 5.65. The van der Waals surface area contributed by atoms with Crippen LogP contribution >= 0.6 is 0 Å². The highest BCUT2D eigenvalue weighted by Crippen LogP contribution is 2.13. The summed E-state index contributed by atoms with van der Waals surface area (Å²) in [5.74, 6) is 2.07. The summed E-state index contributed by atoms with van der Waals surface area (Å²) in [6, 6.07) is 0. The van der Waals surface area contributed by atoms with Crippen molar-refractivity contribution in [3.8, 4) is 0 Å². The molecular formula is C12H22O. The zero-order chi connectivity index (χ0) is 10.3. The van der Waals surface area contributed by atoms with Crippen LogP contribution in [0.15, 0.2) is 23.2 Å². The fourth-order valence-electron chi connectivity index (χ4n) is 0.967. The van der Waals surface area contributed by atoms with Gasteiger partial charge in [-0.25, -0.2) is 0 Å². The highest BCUT2D eigenvalue weighted by molar-refractivity contribution is 5.05. The number of hydrogen-bond acceptors (Lipinski definition) is 1. The van der Waals surface area contributed by atoms with E-state index in [4.69, 9.17) is 4.74 Å². The van der Waals surface area contributed by atoms with Gasteiger partial charge in [0.1, 0.15) is 0 Å². The van der Waals surface area contributed by atoms with Gasteiger partial charge in [-0.3, -0.25) is 0 Å². The second-order valence-corrected chi connectivity index (χ2v) is 3.40. The molecule has 1 nitrogen and oxygen atoms in total. The van der Waals surface area contributed by atoms with Crippen LogP contribution in [-0.4, -0.2) is 0 Å². The number of hydrogen-bond donors (Lipinski definition) is 0. The summed E-state index contributed by atoms with van der Waals surface area (Å²) in [6.45, 7) is 10.5. The van der Waals surface area contributed by atoms with Crippen LogP contribution in [0, 0.1) is 0 Å². The fraction of sp³-hybridized carbons (Fsp3) is 0.667. The number of allylic oxidation sites excluding steroid dienone is 4. The van der Waals surface area contributed by atoms with E-state index in [-0.39, 0.29) is 0 Å². The van der Waals surface area contributed by atoms with Crippen molar-refractivity contribution in [2.45, 2.75) is 53.9 Å². The maximum atomic E-state index is 5.65. The van der Waals surface area contributed by atoms with Gasteiger partial charge >= 0.3 is 0 Å². The largest absolute Gasteiger partial charge is 0.467 e. The van der Waals surface area contributed by atoms with Crippen LogP contribution in [0.5, 0.6) is 0 Å². The Balaban J connectivity index is 4.12. The molecule has 0 radical (unpaired) electrons. The Morgan fingerprint density at radius 2 is 1.77 bits per heavy atom. The molecule has 0 saturated heterocycles. The molecule has 0 aliphatic carbocycles. The van der Waals surface area contributed by atoms with Gasteiger partial charge in [0, 0.05) is 0 Å². The predicted molar refractivity (Wildman–Crippen MR) is 58.4 cm³/mol. The normalized spacial score (nSPS) is 14.1. The third kappa shape index (κ3) is 5.51. The van der Waals surface area contributed by atoms with Crippen LogP contribution in [0.2, 0.25) is 0 Å². The van der Waals surface area contributed by atoms with Crippen molar-refractivity contribution >= 4 is 0 Å². The van der Waals surface area contributed by atoms with E-state index in [1.54, 1.807) is 0 Å². The molecule has 0 aliphatic rings. The van der Waals surface area contributed by atoms with Gasteiger partial charge in [0.25, 0.3) is 0 Å². The van der Waals surface area contributed by atoms with Gasteiger partial charge in [-0.1, -0.05) is 20.3 Å². The predicted octanol–water partition coefficient (Wildman–Crippen LogP) is 4.41. The van der Waals surface area contributed by atoms with Gasteiger partial charge in [-0.05, 0) is 45.3 Å². The minimum Gasteiger partial charge on any atom is -0.467 e. The molecule has 0 amide bonds. The molecule has 0 rings (SSSR count). The van der Waals surface area contributed by atoms with E-state index in [2.05, 4.69) is 26.8 Å². The Kier molecular flexibility index (Phi) is 6.38. The first kappa shape index (κ1) is 12.3. The van der Waals surface area contributed by atoms with E-state index >= 15 is 0 Å². The Morgan fingerprint density at radius 1 is 1.15 bits per heavy atom. The van der Waals surface area contributed by atoms with Gasteiger partial charge in [0.05, 0.1) is 11.5 Å². The molecule has 0 unspecified atom stereocenters. The SMILES string of the molecule is CCCC=C(C)OC(C)=C(C)CC. The summed E-state index contributed by atoms with van der Waals surface area (Å²) >= 11 is 0. The smallest absolute Gasteiger partial charge is 0.0993 e. The minimum absolute atomic E-state index is 1.02.